The molecular weight excluding hydrogens is 394 g/mol. The van der Waals surface area contributed by atoms with Gasteiger partial charge in [0, 0.05) is 31.8 Å². The number of fused-ring (bicyclic) bond motifs is 2. The monoisotopic (exact) mass is 423 g/mol. The summed E-state index contributed by atoms with van der Waals surface area (Å²) >= 11 is 1.73. The highest BCUT2D eigenvalue weighted by Crippen LogP contribution is 2.41. The molecule has 2 aliphatic heterocycles. The molecule has 4 heterocycles. The van der Waals surface area contributed by atoms with Gasteiger partial charge in [-0.3, -0.25) is 9.59 Å². The number of nitrogens with zero attached hydrogens (tertiary/aromatic N) is 2. The SMILES string of the molecule is C.C.O=C1CCc2cc(/C=C/C(=O)N3C[C@H]4CC(c5ccsc5)=C[C@H]4C3)cnc2N1. The molecule has 1 fully saturated rings. The van der Waals surface area contributed by atoms with E-state index in [2.05, 4.69) is 33.2 Å². The molecule has 6 heteroatoms. The zero-order chi connectivity index (χ0) is 19.1. The van der Waals surface area contributed by atoms with E-state index >= 15 is 0 Å². The van der Waals surface area contributed by atoms with Crippen LogP contribution in [0.4, 0.5) is 5.82 Å². The Labute approximate surface area is 182 Å². The minimum absolute atomic E-state index is 0. The van der Waals surface area contributed by atoms with Gasteiger partial charge in [-0.15, -0.1) is 0 Å². The summed E-state index contributed by atoms with van der Waals surface area (Å²) in [5, 5.41) is 7.10. The van der Waals surface area contributed by atoms with Crippen molar-refractivity contribution in [2.45, 2.75) is 34.1 Å². The molecule has 5 rings (SSSR count). The average Bonchev–Trinajstić information content (AvgIpc) is 3.41. The molecule has 0 radical (unpaired) electrons. The van der Waals surface area contributed by atoms with Gasteiger partial charge < -0.3 is 10.2 Å². The molecule has 0 aromatic carbocycles. The molecule has 1 aliphatic carbocycles. The molecule has 5 nitrogen and oxygen atoms in total. The van der Waals surface area contributed by atoms with Crippen LogP contribution in [-0.4, -0.2) is 34.8 Å². The first-order valence-corrected chi connectivity index (χ1v) is 10.6. The van der Waals surface area contributed by atoms with Gasteiger partial charge in [0.2, 0.25) is 11.8 Å². The molecule has 2 aromatic rings. The number of carbonyl (C=O) groups is 2. The molecule has 30 heavy (non-hydrogen) atoms. The number of rotatable bonds is 3. The van der Waals surface area contributed by atoms with Gasteiger partial charge in [0.05, 0.1) is 0 Å². The Morgan fingerprint density at radius 1 is 1.27 bits per heavy atom. The number of thiophene rings is 1. The Hall–Kier alpha value is -2.73. The van der Waals surface area contributed by atoms with Crippen molar-refractivity contribution in [2.75, 3.05) is 18.4 Å². The number of carbonyl (C=O) groups excluding carboxylic acids is 2. The van der Waals surface area contributed by atoms with Gasteiger partial charge in [0.15, 0.2) is 0 Å². The van der Waals surface area contributed by atoms with Crippen molar-refractivity contribution in [2.24, 2.45) is 11.8 Å². The summed E-state index contributed by atoms with van der Waals surface area (Å²) in [5.74, 6) is 1.73. The van der Waals surface area contributed by atoms with E-state index in [1.807, 2.05) is 17.0 Å². The summed E-state index contributed by atoms with van der Waals surface area (Å²) in [4.78, 5) is 30.3. The van der Waals surface area contributed by atoms with Crippen LogP contribution < -0.4 is 5.32 Å². The number of anilines is 1. The van der Waals surface area contributed by atoms with Crippen molar-refractivity contribution in [1.82, 2.24) is 9.88 Å². The van der Waals surface area contributed by atoms with Gasteiger partial charge in [-0.1, -0.05) is 20.9 Å². The minimum atomic E-state index is 0. The molecule has 1 saturated heterocycles. The molecule has 1 N–H and O–H groups in total. The predicted octanol–water partition coefficient (Wildman–Crippen LogP) is 4.88. The first-order valence-electron chi connectivity index (χ1n) is 9.65. The van der Waals surface area contributed by atoms with Crippen LogP contribution in [0.2, 0.25) is 0 Å². The van der Waals surface area contributed by atoms with E-state index in [1.54, 1.807) is 23.6 Å². The Kier molecular flexibility index (Phi) is 6.56. The van der Waals surface area contributed by atoms with E-state index in [1.165, 1.54) is 11.1 Å². The second kappa shape index (κ2) is 8.96. The number of allylic oxidation sites excluding steroid dienone is 1. The van der Waals surface area contributed by atoms with Crippen molar-refractivity contribution < 1.29 is 9.59 Å². The van der Waals surface area contributed by atoms with E-state index in [0.29, 0.717) is 30.5 Å². The molecule has 158 valence electrons. The number of amides is 2. The quantitative estimate of drug-likeness (QED) is 0.716. The normalized spacial score (nSPS) is 21.9. The first kappa shape index (κ1) is 22.0. The first-order chi connectivity index (χ1) is 13.7. The number of aryl methyl sites for hydroxylation is 1. The summed E-state index contributed by atoms with van der Waals surface area (Å²) in [6.07, 6.45) is 9.78. The summed E-state index contributed by atoms with van der Waals surface area (Å²) < 4.78 is 0. The lowest BCUT2D eigenvalue weighted by Crippen LogP contribution is -2.27. The van der Waals surface area contributed by atoms with Crippen LogP contribution in [0.25, 0.3) is 11.6 Å². The molecule has 0 unspecified atom stereocenters. The Morgan fingerprint density at radius 2 is 2.13 bits per heavy atom. The highest BCUT2D eigenvalue weighted by atomic mass is 32.1. The van der Waals surface area contributed by atoms with Gasteiger partial charge in [0.25, 0.3) is 0 Å². The van der Waals surface area contributed by atoms with E-state index in [9.17, 15) is 9.59 Å². The molecule has 0 saturated carbocycles. The number of likely N-dealkylation sites (tertiary alicyclic amines) is 1. The fourth-order valence-corrected chi connectivity index (χ4v) is 5.07. The Balaban J connectivity index is 0.00000128. The van der Waals surface area contributed by atoms with Crippen LogP contribution in [0.5, 0.6) is 0 Å². The highest BCUT2D eigenvalue weighted by molar-refractivity contribution is 7.08. The molecule has 2 aromatic heterocycles. The van der Waals surface area contributed by atoms with Gasteiger partial charge >= 0.3 is 0 Å². The van der Waals surface area contributed by atoms with Gasteiger partial charge in [0.1, 0.15) is 5.82 Å². The molecule has 0 bridgehead atoms. The molecule has 2 atom stereocenters. The predicted molar refractivity (Wildman–Crippen MR) is 124 cm³/mol. The third kappa shape index (κ3) is 4.24. The van der Waals surface area contributed by atoms with E-state index in [0.717, 1.165) is 30.6 Å². The zero-order valence-corrected chi connectivity index (χ0v) is 16.2. The third-order valence-electron chi connectivity index (χ3n) is 5.88. The Bertz CT molecular complexity index is 994. The van der Waals surface area contributed by atoms with Crippen molar-refractivity contribution in [1.29, 1.82) is 0 Å². The topological polar surface area (TPSA) is 62.3 Å². The molecular formula is C24H29N3O2S. The zero-order valence-electron chi connectivity index (χ0n) is 15.4. The lowest BCUT2D eigenvalue weighted by molar-refractivity contribution is -0.125. The second-order valence-electron chi connectivity index (χ2n) is 7.73. The number of nitrogens with one attached hydrogen (secondary N) is 1. The van der Waals surface area contributed by atoms with E-state index in [-0.39, 0.29) is 26.7 Å². The van der Waals surface area contributed by atoms with Crippen LogP contribution in [-0.2, 0) is 16.0 Å². The fraction of sp³-hybridized carbons (Fsp3) is 0.375. The van der Waals surface area contributed by atoms with Crippen molar-refractivity contribution in [3.8, 4) is 0 Å². The summed E-state index contributed by atoms with van der Waals surface area (Å²) in [6.45, 7) is 1.63. The number of hydrogen-bond donors (Lipinski definition) is 1. The van der Waals surface area contributed by atoms with Crippen molar-refractivity contribution >= 4 is 40.6 Å². The van der Waals surface area contributed by atoms with Gasteiger partial charge in [-0.05, 0) is 75.9 Å². The number of aromatic nitrogens is 1. The standard InChI is InChI=1S/C22H21N3O2S.2CH4/c26-20-3-2-15-7-14(10-23-22(15)24-20)1-4-21(27)25-11-18-8-17(9-19(18)12-25)16-5-6-28-13-16;;/h1,4-8,10,13,18-19H,2-3,9,11-12H2,(H,23,24,26);2*1H4/b4-1+;;/t18-,19+;;/m0../s1. The maximum absolute atomic E-state index is 12.6. The summed E-state index contributed by atoms with van der Waals surface area (Å²) in [6, 6.07) is 4.18. The molecule has 2 amide bonds. The number of pyridine rings is 1. The third-order valence-corrected chi connectivity index (χ3v) is 6.56. The fourth-order valence-electron chi connectivity index (χ4n) is 4.39. The van der Waals surface area contributed by atoms with Crippen LogP contribution >= 0.6 is 11.3 Å². The van der Waals surface area contributed by atoms with E-state index < -0.39 is 0 Å². The maximum atomic E-state index is 12.6. The lowest BCUT2D eigenvalue weighted by Gasteiger charge is -2.16. The highest BCUT2D eigenvalue weighted by Gasteiger charge is 2.37. The van der Waals surface area contributed by atoms with E-state index in [4.69, 9.17) is 0 Å². The van der Waals surface area contributed by atoms with Gasteiger partial charge in [-0.25, -0.2) is 4.98 Å². The van der Waals surface area contributed by atoms with Crippen LogP contribution in [0.1, 0.15) is 44.4 Å². The van der Waals surface area contributed by atoms with Crippen molar-refractivity contribution in [3.63, 3.8) is 0 Å². The van der Waals surface area contributed by atoms with Gasteiger partial charge in [-0.2, -0.15) is 11.3 Å². The average molecular weight is 424 g/mol. The maximum Gasteiger partial charge on any atom is 0.246 e. The Morgan fingerprint density at radius 3 is 2.90 bits per heavy atom. The summed E-state index contributed by atoms with van der Waals surface area (Å²) in [5.41, 5.74) is 4.69. The smallest absolute Gasteiger partial charge is 0.246 e. The van der Waals surface area contributed by atoms with Crippen molar-refractivity contribution in [3.05, 3.63) is 57.9 Å². The van der Waals surface area contributed by atoms with Crippen LogP contribution in [0.3, 0.4) is 0 Å². The lowest BCUT2D eigenvalue weighted by atomic mass is 9.99. The molecule has 3 aliphatic rings. The number of hydrogen-bond acceptors (Lipinski definition) is 4. The largest absolute Gasteiger partial charge is 0.338 e. The minimum Gasteiger partial charge on any atom is -0.338 e. The van der Waals surface area contributed by atoms with Crippen LogP contribution in [0.15, 0.2) is 41.2 Å². The van der Waals surface area contributed by atoms with Crippen LogP contribution in [0, 0.1) is 11.8 Å². The second-order valence-corrected chi connectivity index (χ2v) is 8.51. The summed E-state index contributed by atoms with van der Waals surface area (Å²) in [7, 11) is 0. The molecule has 0 spiro atoms.